The predicted molar refractivity (Wildman–Crippen MR) is 107 cm³/mol. The van der Waals surface area contributed by atoms with Crippen LogP contribution >= 0.6 is 0 Å². The number of ether oxygens (including phenoxy) is 1. The third-order valence-corrected chi connectivity index (χ3v) is 5.38. The van der Waals surface area contributed by atoms with E-state index in [0.717, 1.165) is 36.8 Å². The smallest absolute Gasteiger partial charge is 0.398 e. The number of nitrogens with two attached hydrogens (primary N) is 1. The molecule has 2 unspecified atom stereocenters. The Bertz CT molecular complexity index is 826. The van der Waals surface area contributed by atoms with Crippen LogP contribution in [0.2, 0.25) is 0 Å². The molecule has 158 valence electrons. The first-order valence-corrected chi connectivity index (χ1v) is 9.40. The van der Waals surface area contributed by atoms with E-state index in [-0.39, 0.29) is 17.3 Å². The summed E-state index contributed by atoms with van der Waals surface area (Å²) in [6.07, 6.45) is -1.12. The van der Waals surface area contributed by atoms with Crippen LogP contribution in [0.15, 0.2) is 36.4 Å². The normalized spacial score (nSPS) is 21.0. The van der Waals surface area contributed by atoms with Crippen LogP contribution in [0.4, 0.5) is 23.2 Å². The third kappa shape index (κ3) is 4.96. The Morgan fingerprint density at radius 3 is 2.24 bits per heavy atom. The highest BCUT2D eigenvalue weighted by Crippen LogP contribution is 2.43. The summed E-state index contributed by atoms with van der Waals surface area (Å²) in [6, 6.07) is 8.09. The van der Waals surface area contributed by atoms with Crippen molar-refractivity contribution in [1.29, 1.82) is 5.41 Å². The number of nitrogen functional groups attached to an aromatic ring is 1. The van der Waals surface area contributed by atoms with Crippen molar-refractivity contribution < 1.29 is 22.3 Å². The number of hydrogen-bond donors (Lipinski definition) is 2. The lowest BCUT2D eigenvalue weighted by Crippen LogP contribution is -2.53. The molecule has 0 aromatic heterocycles. The first kappa shape index (κ1) is 22.9. The van der Waals surface area contributed by atoms with Gasteiger partial charge in [-0.15, -0.1) is 0 Å². The summed E-state index contributed by atoms with van der Waals surface area (Å²) in [5.41, 5.74) is 7.30. The molecule has 0 spiro atoms. The molecule has 3 N–H and O–H groups in total. The maximum absolute atomic E-state index is 12.6. The summed E-state index contributed by atoms with van der Waals surface area (Å²) >= 11 is 0. The van der Waals surface area contributed by atoms with Crippen LogP contribution < -0.4 is 5.73 Å². The van der Waals surface area contributed by atoms with Gasteiger partial charge < -0.3 is 15.9 Å². The van der Waals surface area contributed by atoms with E-state index in [1.807, 2.05) is 6.92 Å². The van der Waals surface area contributed by atoms with Gasteiger partial charge in [0.25, 0.3) is 0 Å². The lowest BCUT2D eigenvalue weighted by Gasteiger charge is -2.48. The number of aryl methyl sites for hydroxylation is 1. The van der Waals surface area contributed by atoms with Gasteiger partial charge in [-0.1, -0.05) is 25.5 Å². The number of nitrogens with one attached hydrogen (secondary N) is 1. The van der Waals surface area contributed by atoms with Gasteiger partial charge >= 0.3 is 6.18 Å². The molecule has 2 aromatic rings. The van der Waals surface area contributed by atoms with Crippen molar-refractivity contribution in [1.82, 2.24) is 0 Å². The fourth-order valence-electron chi connectivity index (χ4n) is 3.60. The standard InChI is InChI=1S/C14H17F3O.C8H9FN2/c1-3-8-13(9-18-10(13)2)11-4-6-12(7-5-11)14(15,16)17;1-5-2-6(9)3-8(11)7(5)4-10/h4-7,10H,3,8-9H2,1-2H3;2-4,10H,11H2,1H3. The predicted octanol–water partition coefficient (Wildman–Crippen LogP) is 5.88. The van der Waals surface area contributed by atoms with E-state index >= 15 is 0 Å². The quantitative estimate of drug-likeness (QED) is 0.376. The van der Waals surface area contributed by atoms with Crippen LogP contribution in [-0.4, -0.2) is 18.9 Å². The zero-order chi connectivity index (χ0) is 21.8. The molecule has 0 saturated carbocycles. The van der Waals surface area contributed by atoms with Crippen LogP contribution in [-0.2, 0) is 16.3 Å². The highest BCUT2D eigenvalue weighted by Gasteiger charge is 2.46. The van der Waals surface area contributed by atoms with Gasteiger partial charge in [0.15, 0.2) is 0 Å². The summed E-state index contributed by atoms with van der Waals surface area (Å²) in [5, 5.41) is 6.97. The molecule has 2 atom stereocenters. The largest absolute Gasteiger partial charge is 0.416 e. The molecular formula is C22H26F4N2O. The number of hydrogen-bond acceptors (Lipinski definition) is 3. The van der Waals surface area contributed by atoms with Gasteiger partial charge in [-0.05, 0) is 55.7 Å². The highest BCUT2D eigenvalue weighted by atomic mass is 19.4. The van der Waals surface area contributed by atoms with Gasteiger partial charge in [0.2, 0.25) is 0 Å². The van der Waals surface area contributed by atoms with Crippen molar-refractivity contribution in [2.75, 3.05) is 12.3 Å². The van der Waals surface area contributed by atoms with E-state index in [4.69, 9.17) is 15.9 Å². The van der Waals surface area contributed by atoms with E-state index in [1.165, 1.54) is 12.1 Å². The van der Waals surface area contributed by atoms with E-state index in [2.05, 4.69) is 6.92 Å². The van der Waals surface area contributed by atoms with E-state index in [9.17, 15) is 17.6 Å². The maximum atomic E-state index is 12.6. The summed E-state index contributed by atoms with van der Waals surface area (Å²) in [7, 11) is 0. The third-order valence-electron chi connectivity index (χ3n) is 5.38. The second kappa shape index (κ2) is 8.95. The molecule has 2 aromatic carbocycles. The second-order valence-corrected chi connectivity index (χ2v) is 7.30. The summed E-state index contributed by atoms with van der Waals surface area (Å²) in [5.74, 6) is -0.356. The number of halogens is 4. The minimum atomic E-state index is -4.27. The fourth-order valence-corrected chi connectivity index (χ4v) is 3.60. The van der Waals surface area contributed by atoms with Crippen LogP contribution in [0.1, 0.15) is 48.9 Å². The molecule has 1 aliphatic heterocycles. The van der Waals surface area contributed by atoms with Gasteiger partial charge in [0, 0.05) is 22.9 Å². The van der Waals surface area contributed by atoms with Gasteiger partial charge in [-0.3, -0.25) is 0 Å². The zero-order valence-electron chi connectivity index (χ0n) is 16.7. The fraction of sp³-hybridized carbons (Fsp3) is 0.409. The van der Waals surface area contributed by atoms with Gasteiger partial charge in [-0.25, -0.2) is 4.39 Å². The lowest BCUT2D eigenvalue weighted by molar-refractivity contribution is -0.138. The van der Waals surface area contributed by atoms with Crippen LogP contribution in [0.25, 0.3) is 0 Å². The molecule has 3 rings (SSSR count). The molecule has 0 aliphatic carbocycles. The van der Waals surface area contributed by atoms with Crippen molar-refractivity contribution in [3.05, 3.63) is 64.5 Å². The molecular weight excluding hydrogens is 384 g/mol. The maximum Gasteiger partial charge on any atom is 0.416 e. The Hall–Kier alpha value is -2.41. The SMILES string of the molecule is CCCC1(c2ccc(C(F)(F)F)cc2)COC1C.Cc1cc(F)cc(N)c1C=N. The molecule has 29 heavy (non-hydrogen) atoms. The summed E-state index contributed by atoms with van der Waals surface area (Å²) in [6.45, 7) is 6.39. The van der Waals surface area contributed by atoms with Crippen molar-refractivity contribution in [3.8, 4) is 0 Å². The van der Waals surface area contributed by atoms with Crippen LogP contribution in [0.3, 0.4) is 0 Å². The second-order valence-electron chi connectivity index (χ2n) is 7.30. The Morgan fingerprint density at radius 2 is 1.86 bits per heavy atom. The van der Waals surface area contributed by atoms with Gasteiger partial charge in [0.05, 0.1) is 18.3 Å². The first-order valence-electron chi connectivity index (χ1n) is 9.40. The highest BCUT2D eigenvalue weighted by molar-refractivity contribution is 5.86. The minimum absolute atomic E-state index is 0.0780. The molecule has 7 heteroatoms. The molecule has 0 amide bonds. The molecule has 1 heterocycles. The molecule has 0 radical (unpaired) electrons. The van der Waals surface area contributed by atoms with E-state index < -0.39 is 11.7 Å². The Balaban J connectivity index is 0.000000234. The minimum Gasteiger partial charge on any atom is -0.398 e. The number of rotatable bonds is 4. The monoisotopic (exact) mass is 410 g/mol. The Morgan fingerprint density at radius 1 is 1.24 bits per heavy atom. The average Bonchev–Trinajstić information content (AvgIpc) is 2.64. The van der Waals surface area contributed by atoms with Crippen molar-refractivity contribution >= 4 is 11.9 Å². The van der Waals surface area contributed by atoms with Crippen molar-refractivity contribution in [2.24, 2.45) is 0 Å². The van der Waals surface area contributed by atoms with Crippen LogP contribution in [0.5, 0.6) is 0 Å². The average molecular weight is 410 g/mol. The first-order chi connectivity index (χ1) is 13.5. The van der Waals surface area contributed by atoms with Crippen molar-refractivity contribution in [3.63, 3.8) is 0 Å². The Kier molecular flexibility index (Phi) is 7.06. The summed E-state index contributed by atoms with van der Waals surface area (Å²) in [4.78, 5) is 0. The van der Waals surface area contributed by atoms with E-state index in [1.54, 1.807) is 19.1 Å². The summed E-state index contributed by atoms with van der Waals surface area (Å²) < 4.78 is 55.6. The lowest BCUT2D eigenvalue weighted by atomic mass is 9.70. The van der Waals surface area contributed by atoms with Crippen LogP contribution in [0, 0.1) is 18.2 Å². The van der Waals surface area contributed by atoms with Gasteiger partial charge in [-0.2, -0.15) is 13.2 Å². The zero-order valence-corrected chi connectivity index (χ0v) is 16.7. The number of alkyl halides is 3. The number of benzene rings is 2. The molecule has 1 saturated heterocycles. The molecule has 0 bridgehead atoms. The molecule has 3 nitrogen and oxygen atoms in total. The number of anilines is 1. The Labute approximate surface area is 168 Å². The van der Waals surface area contributed by atoms with Crippen molar-refractivity contribution in [2.45, 2.75) is 51.3 Å². The molecule has 1 aliphatic rings. The topological polar surface area (TPSA) is 59.1 Å². The molecule has 1 fully saturated rings. The van der Waals surface area contributed by atoms with Gasteiger partial charge in [0.1, 0.15) is 5.82 Å². The van der Waals surface area contributed by atoms with E-state index in [0.29, 0.717) is 23.4 Å².